The molecular formula is C17H19BrO6. The third kappa shape index (κ3) is 4.15. The standard InChI is InChI=1S/C17H19BrO6/c1-3-22-15(19)14-9-12(11-5-7-13(18)8-6-11)10-17(21,24-14)16(20)23-4-2/h5-9,12,21H,3-4,10H2,1-2H3. The van der Waals surface area contributed by atoms with Crippen molar-refractivity contribution in [2.45, 2.75) is 32.0 Å². The number of allylic oxidation sites excluding steroid dienone is 1. The Balaban J connectivity index is 2.37. The van der Waals surface area contributed by atoms with E-state index in [9.17, 15) is 14.7 Å². The third-order valence-corrected chi connectivity index (χ3v) is 4.03. The Hall–Kier alpha value is -1.86. The van der Waals surface area contributed by atoms with E-state index >= 15 is 0 Å². The smallest absolute Gasteiger partial charge is 0.379 e. The van der Waals surface area contributed by atoms with E-state index in [-0.39, 0.29) is 25.4 Å². The van der Waals surface area contributed by atoms with Crippen LogP contribution < -0.4 is 0 Å². The molecule has 2 rings (SSSR count). The minimum absolute atomic E-state index is 0.0592. The van der Waals surface area contributed by atoms with Crippen LogP contribution in [0.4, 0.5) is 0 Å². The van der Waals surface area contributed by atoms with Gasteiger partial charge in [0.25, 0.3) is 0 Å². The SMILES string of the molecule is CCOC(=O)C1=CC(c2ccc(Br)cc2)CC(O)(C(=O)OCC)O1. The molecule has 0 saturated carbocycles. The highest BCUT2D eigenvalue weighted by atomic mass is 79.9. The van der Waals surface area contributed by atoms with Gasteiger partial charge in [-0.25, -0.2) is 9.59 Å². The average molecular weight is 399 g/mol. The van der Waals surface area contributed by atoms with E-state index in [1.165, 1.54) is 0 Å². The van der Waals surface area contributed by atoms with Crippen LogP contribution in [-0.4, -0.2) is 36.0 Å². The molecule has 0 spiro atoms. The zero-order valence-corrected chi connectivity index (χ0v) is 15.0. The first-order valence-electron chi connectivity index (χ1n) is 7.62. The summed E-state index contributed by atoms with van der Waals surface area (Å²) in [5.41, 5.74) is 0.825. The first-order valence-corrected chi connectivity index (χ1v) is 8.42. The third-order valence-electron chi connectivity index (χ3n) is 3.50. The highest BCUT2D eigenvalue weighted by Gasteiger charge is 2.47. The highest BCUT2D eigenvalue weighted by Crippen LogP contribution is 2.37. The summed E-state index contributed by atoms with van der Waals surface area (Å²) in [5.74, 6) is -4.50. The number of hydrogen-bond donors (Lipinski definition) is 1. The number of esters is 2. The molecule has 1 aliphatic rings. The van der Waals surface area contributed by atoms with Crippen molar-refractivity contribution in [2.75, 3.05) is 13.2 Å². The van der Waals surface area contributed by atoms with Crippen LogP contribution >= 0.6 is 15.9 Å². The number of aliphatic hydroxyl groups is 1. The van der Waals surface area contributed by atoms with Gasteiger partial charge in [-0.05, 0) is 37.6 Å². The van der Waals surface area contributed by atoms with Crippen molar-refractivity contribution >= 4 is 27.9 Å². The summed E-state index contributed by atoms with van der Waals surface area (Å²) >= 11 is 3.35. The van der Waals surface area contributed by atoms with Crippen molar-refractivity contribution in [3.05, 3.63) is 46.1 Å². The van der Waals surface area contributed by atoms with Crippen LogP contribution in [0, 0.1) is 0 Å². The second-order valence-electron chi connectivity index (χ2n) is 5.22. The zero-order valence-electron chi connectivity index (χ0n) is 13.5. The van der Waals surface area contributed by atoms with Gasteiger partial charge in [0.05, 0.1) is 13.2 Å². The molecule has 2 unspecified atom stereocenters. The minimum atomic E-state index is -2.23. The monoisotopic (exact) mass is 398 g/mol. The fraction of sp³-hybridized carbons (Fsp3) is 0.412. The van der Waals surface area contributed by atoms with E-state index in [1.807, 2.05) is 24.3 Å². The molecule has 130 valence electrons. The summed E-state index contributed by atoms with van der Waals surface area (Å²) in [5, 5.41) is 10.6. The van der Waals surface area contributed by atoms with E-state index < -0.39 is 23.6 Å². The number of benzene rings is 1. The second-order valence-corrected chi connectivity index (χ2v) is 6.14. The molecule has 2 atom stereocenters. The van der Waals surface area contributed by atoms with E-state index in [2.05, 4.69) is 15.9 Å². The molecule has 1 aromatic carbocycles. The van der Waals surface area contributed by atoms with Gasteiger partial charge in [-0.2, -0.15) is 0 Å². The highest BCUT2D eigenvalue weighted by molar-refractivity contribution is 9.10. The quantitative estimate of drug-likeness (QED) is 0.767. The van der Waals surface area contributed by atoms with Gasteiger partial charge < -0.3 is 19.3 Å². The van der Waals surface area contributed by atoms with Gasteiger partial charge in [0.15, 0.2) is 0 Å². The lowest BCUT2D eigenvalue weighted by molar-refractivity contribution is -0.224. The normalized spacial score (nSPS) is 23.0. The molecule has 0 fully saturated rings. The van der Waals surface area contributed by atoms with Crippen LogP contribution in [0.25, 0.3) is 0 Å². The maximum atomic E-state index is 12.1. The molecule has 0 amide bonds. The first-order chi connectivity index (χ1) is 11.4. The molecule has 0 aliphatic carbocycles. The lowest BCUT2D eigenvalue weighted by Crippen LogP contribution is -2.46. The summed E-state index contributed by atoms with van der Waals surface area (Å²) in [6.45, 7) is 3.52. The van der Waals surface area contributed by atoms with Gasteiger partial charge in [0.2, 0.25) is 5.76 Å². The molecule has 7 heteroatoms. The van der Waals surface area contributed by atoms with Gasteiger partial charge in [0, 0.05) is 16.8 Å². The largest absolute Gasteiger partial charge is 0.461 e. The van der Waals surface area contributed by atoms with Gasteiger partial charge in [0.1, 0.15) is 0 Å². The predicted octanol–water partition coefficient (Wildman–Crippen LogP) is 2.65. The molecule has 0 saturated heterocycles. The molecule has 1 aromatic rings. The Morgan fingerprint density at radius 3 is 2.46 bits per heavy atom. The number of hydrogen-bond acceptors (Lipinski definition) is 6. The van der Waals surface area contributed by atoms with Crippen molar-refractivity contribution in [3.63, 3.8) is 0 Å². The van der Waals surface area contributed by atoms with Crippen LogP contribution in [0.2, 0.25) is 0 Å². The Labute approximate surface area is 148 Å². The van der Waals surface area contributed by atoms with Crippen LogP contribution in [0.5, 0.6) is 0 Å². The summed E-state index contributed by atoms with van der Waals surface area (Å²) in [6.07, 6.45) is 1.49. The Morgan fingerprint density at radius 2 is 1.88 bits per heavy atom. The minimum Gasteiger partial charge on any atom is -0.461 e. The number of halogens is 1. The van der Waals surface area contributed by atoms with Gasteiger partial charge in [-0.15, -0.1) is 0 Å². The van der Waals surface area contributed by atoms with E-state index in [0.29, 0.717) is 0 Å². The summed E-state index contributed by atoms with van der Waals surface area (Å²) in [6, 6.07) is 7.36. The molecule has 1 heterocycles. The lowest BCUT2D eigenvalue weighted by Gasteiger charge is -2.33. The lowest BCUT2D eigenvalue weighted by atomic mass is 9.89. The molecule has 24 heavy (non-hydrogen) atoms. The molecule has 0 bridgehead atoms. The van der Waals surface area contributed by atoms with Crippen LogP contribution in [0.15, 0.2) is 40.6 Å². The number of carbonyl (C=O) groups is 2. The van der Waals surface area contributed by atoms with E-state index in [1.54, 1.807) is 19.9 Å². The van der Waals surface area contributed by atoms with Crippen molar-refractivity contribution in [2.24, 2.45) is 0 Å². The van der Waals surface area contributed by atoms with Crippen molar-refractivity contribution in [3.8, 4) is 0 Å². The number of ether oxygens (including phenoxy) is 3. The van der Waals surface area contributed by atoms with E-state index in [4.69, 9.17) is 14.2 Å². The molecule has 1 aliphatic heterocycles. The average Bonchev–Trinajstić information content (AvgIpc) is 2.55. The summed E-state index contributed by atoms with van der Waals surface area (Å²) in [4.78, 5) is 24.1. The summed E-state index contributed by atoms with van der Waals surface area (Å²) in [7, 11) is 0. The van der Waals surface area contributed by atoms with Crippen LogP contribution in [0.3, 0.4) is 0 Å². The van der Waals surface area contributed by atoms with Crippen molar-refractivity contribution in [1.29, 1.82) is 0 Å². The molecule has 0 radical (unpaired) electrons. The fourth-order valence-corrected chi connectivity index (χ4v) is 2.67. The van der Waals surface area contributed by atoms with Gasteiger partial charge in [-0.3, -0.25) is 0 Å². The molecule has 1 N–H and O–H groups in total. The molecular weight excluding hydrogens is 380 g/mol. The number of rotatable bonds is 5. The Bertz CT molecular complexity index is 639. The number of carbonyl (C=O) groups excluding carboxylic acids is 2. The van der Waals surface area contributed by atoms with Crippen LogP contribution in [-0.2, 0) is 23.8 Å². The van der Waals surface area contributed by atoms with Crippen molar-refractivity contribution in [1.82, 2.24) is 0 Å². The molecule has 0 aromatic heterocycles. The first kappa shape index (κ1) is 18.5. The maximum Gasteiger partial charge on any atom is 0.379 e. The topological polar surface area (TPSA) is 82.1 Å². The Kier molecular flexibility index (Phi) is 6.01. The Morgan fingerprint density at radius 1 is 1.25 bits per heavy atom. The molecule has 6 nitrogen and oxygen atoms in total. The van der Waals surface area contributed by atoms with Gasteiger partial charge in [-0.1, -0.05) is 28.1 Å². The van der Waals surface area contributed by atoms with Crippen molar-refractivity contribution < 1.29 is 28.9 Å². The maximum absolute atomic E-state index is 12.1. The van der Waals surface area contributed by atoms with Gasteiger partial charge >= 0.3 is 17.7 Å². The summed E-state index contributed by atoms with van der Waals surface area (Å²) < 4.78 is 15.9. The predicted molar refractivity (Wildman–Crippen MR) is 88.9 cm³/mol. The fourth-order valence-electron chi connectivity index (χ4n) is 2.40. The zero-order chi connectivity index (χ0) is 17.7. The van der Waals surface area contributed by atoms with E-state index in [0.717, 1.165) is 10.0 Å². The second kappa shape index (κ2) is 7.81. The van der Waals surface area contributed by atoms with Crippen LogP contribution in [0.1, 0.15) is 31.7 Å².